The van der Waals surface area contributed by atoms with Gasteiger partial charge in [-0.05, 0) is 82.7 Å². The van der Waals surface area contributed by atoms with E-state index in [0.717, 1.165) is 26.1 Å². The van der Waals surface area contributed by atoms with Crippen LogP contribution in [0.2, 0.25) is 0 Å². The van der Waals surface area contributed by atoms with E-state index in [4.69, 9.17) is 4.74 Å². The first kappa shape index (κ1) is 21.0. The molecule has 3 saturated heterocycles. The van der Waals surface area contributed by atoms with Crippen LogP contribution in [0, 0.1) is 11.3 Å². The van der Waals surface area contributed by atoms with Gasteiger partial charge >= 0.3 is 6.09 Å². The van der Waals surface area contributed by atoms with E-state index in [-0.39, 0.29) is 6.09 Å². The van der Waals surface area contributed by atoms with Gasteiger partial charge in [0.1, 0.15) is 0 Å². The summed E-state index contributed by atoms with van der Waals surface area (Å²) in [5.41, 5.74) is 0.349. The van der Waals surface area contributed by atoms with E-state index in [9.17, 15) is 9.59 Å². The summed E-state index contributed by atoms with van der Waals surface area (Å²) in [4.78, 5) is 31.2. The molecule has 1 atom stereocenters. The second-order valence-corrected chi connectivity index (χ2v) is 9.81. The first-order chi connectivity index (χ1) is 14.0. The van der Waals surface area contributed by atoms with Gasteiger partial charge in [0.2, 0.25) is 5.91 Å². The second kappa shape index (κ2) is 8.83. The summed E-state index contributed by atoms with van der Waals surface area (Å²) in [7, 11) is 0. The molecule has 1 saturated carbocycles. The molecule has 4 rings (SSSR count). The fraction of sp³-hybridized carbons (Fsp3) is 0.913. The number of hydrogen-bond donors (Lipinski definition) is 0. The highest BCUT2D eigenvalue weighted by molar-refractivity contribution is 5.76. The van der Waals surface area contributed by atoms with Gasteiger partial charge in [0, 0.05) is 38.1 Å². The lowest BCUT2D eigenvalue weighted by Gasteiger charge is -2.52. The monoisotopic (exact) mass is 405 g/mol. The third-order valence-electron chi connectivity index (χ3n) is 8.11. The summed E-state index contributed by atoms with van der Waals surface area (Å²) >= 11 is 0. The van der Waals surface area contributed by atoms with Crippen LogP contribution in [0.4, 0.5) is 4.79 Å². The van der Waals surface area contributed by atoms with Crippen LogP contribution in [-0.2, 0) is 9.53 Å². The molecule has 1 aliphatic carbocycles. The van der Waals surface area contributed by atoms with Crippen molar-refractivity contribution in [3.63, 3.8) is 0 Å². The molecule has 2 amide bonds. The molecule has 3 heterocycles. The van der Waals surface area contributed by atoms with Crippen LogP contribution < -0.4 is 0 Å². The molecule has 4 fully saturated rings. The average Bonchev–Trinajstić information content (AvgIpc) is 3.19. The Hall–Kier alpha value is -1.30. The third kappa shape index (κ3) is 4.28. The minimum Gasteiger partial charge on any atom is -0.450 e. The average molecular weight is 406 g/mol. The minimum atomic E-state index is -0.132. The van der Waals surface area contributed by atoms with Crippen molar-refractivity contribution < 1.29 is 14.3 Å². The first-order valence-corrected chi connectivity index (χ1v) is 12.0. The van der Waals surface area contributed by atoms with Crippen molar-refractivity contribution in [3.05, 3.63) is 0 Å². The van der Waals surface area contributed by atoms with Gasteiger partial charge in [-0.2, -0.15) is 0 Å². The highest BCUT2D eigenvalue weighted by atomic mass is 16.6. The Bertz CT molecular complexity index is 596. The zero-order chi connectivity index (χ0) is 20.4. The van der Waals surface area contributed by atoms with E-state index < -0.39 is 0 Å². The zero-order valence-corrected chi connectivity index (χ0v) is 18.4. The van der Waals surface area contributed by atoms with Gasteiger partial charge in [-0.3, -0.25) is 4.79 Å². The number of amides is 2. The maximum Gasteiger partial charge on any atom is 0.409 e. The highest BCUT2D eigenvalue weighted by Gasteiger charge is 2.51. The van der Waals surface area contributed by atoms with E-state index >= 15 is 0 Å². The van der Waals surface area contributed by atoms with Crippen LogP contribution in [0.1, 0.15) is 71.6 Å². The summed E-state index contributed by atoms with van der Waals surface area (Å²) in [6, 6.07) is 1.18. The third-order valence-corrected chi connectivity index (χ3v) is 8.11. The van der Waals surface area contributed by atoms with Gasteiger partial charge in [-0.25, -0.2) is 4.79 Å². The molecule has 4 aliphatic rings. The van der Waals surface area contributed by atoms with Crippen LogP contribution >= 0.6 is 0 Å². The van der Waals surface area contributed by atoms with Crippen molar-refractivity contribution in [3.8, 4) is 0 Å². The number of nitrogens with zero attached hydrogens (tertiary/aromatic N) is 3. The number of carbonyl (C=O) groups is 2. The molecule has 1 unspecified atom stereocenters. The summed E-state index contributed by atoms with van der Waals surface area (Å²) in [6.07, 6.45) is 10.2. The number of ether oxygens (including phenoxy) is 1. The van der Waals surface area contributed by atoms with Crippen LogP contribution in [0.3, 0.4) is 0 Å². The van der Waals surface area contributed by atoms with Crippen molar-refractivity contribution >= 4 is 12.0 Å². The number of likely N-dealkylation sites (tertiary alicyclic amines) is 3. The predicted molar refractivity (Wildman–Crippen MR) is 113 cm³/mol. The lowest BCUT2D eigenvalue weighted by atomic mass is 9.64. The summed E-state index contributed by atoms with van der Waals surface area (Å²) < 4.78 is 5.18. The molecule has 0 aromatic carbocycles. The number of carbonyl (C=O) groups excluding carboxylic acids is 2. The van der Waals surface area contributed by atoms with Crippen LogP contribution in [0.25, 0.3) is 0 Å². The van der Waals surface area contributed by atoms with Crippen LogP contribution in [0.15, 0.2) is 0 Å². The van der Waals surface area contributed by atoms with Crippen LogP contribution in [-0.4, -0.2) is 78.1 Å². The molecule has 3 aliphatic heterocycles. The molecule has 29 heavy (non-hydrogen) atoms. The van der Waals surface area contributed by atoms with Crippen LogP contribution in [0.5, 0.6) is 0 Å². The largest absolute Gasteiger partial charge is 0.450 e. The Morgan fingerprint density at radius 2 is 1.76 bits per heavy atom. The van der Waals surface area contributed by atoms with Crippen molar-refractivity contribution in [1.29, 1.82) is 0 Å². The van der Waals surface area contributed by atoms with Crippen molar-refractivity contribution in [2.45, 2.75) is 83.7 Å². The van der Waals surface area contributed by atoms with Gasteiger partial charge in [-0.15, -0.1) is 0 Å². The predicted octanol–water partition coefficient (Wildman–Crippen LogP) is 3.50. The van der Waals surface area contributed by atoms with Crippen molar-refractivity contribution in [2.24, 2.45) is 11.3 Å². The summed E-state index contributed by atoms with van der Waals surface area (Å²) in [5.74, 6) is 1.03. The Labute approximate surface area is 175 Å². The molecule has 6 nitrogen and oxygen atoms in total. The second-order valence-electron chi connectivity index (χ2n) is 9.81. The molecular formula is C23H39N3O3. The fourth-order valence-electron chi connectivity index (χ4n) is 6.47. The molecule has 0 aromatic rings. The standard InChI is InChI=1S/C23H39N3O3/c1-3-21(27)26-11-6-5-7-20(26)18-8-12-24(13-9-18)19-15-23(16-19)10-14-25(17-23)22(28)29-4-2/h18-20H,3-17H2,1-2H3. The normalized spacial score (nSPS) is 33.7. The Kier molecular flexibility index (Phi) is 6.38. The lowest BCUT2D eigenvalue weighted by molar-refractivity contribution is -0.136. The Morgan fingerprint density at radius 1 is 1.00 bits per heavy atom. The SMILES string of the molecule is CCOC(=O)N1CCC2(CC(N3CCC(C4CCCCN4C(=O)CC)CC3)C2)C1. The van der Waals surface area contributed by atoms with Crippen molar-refractivity contribution in [1.82, 2.24) is 14.7 Å². The minimum absolute atomic E-state index is 0.132. The van der Waals surface area contributed by atoms with E-state index in [1.807, 2.05) is 18.7 Å². The lowest BCUT2D eigenvalue weighted by Crippen LogP contribution is -2.56. The maximum atomic E-state index is 12.4. The summed E-state index contributed by atoms with van der Waals surface area (Å²) in [5, 5.41) is 0. The highest BCUT2D eigenvalue weighted by Crippen LogP contribution is 2.51. The van der Waals surface area contributed by atoms with Gasteiger partial charge in [0.25, 0.3) is 0 Å². The molecular weight excluding hydrogens is 366 g/mol. The quantitative estimate of drug-likeness (QED) is 0.718. The zero-order valence-electron chi connectivity index (χ0n) is 18.4. The smallest absolute Gasteiger partial charge is 0.409 e. The van der Waals surface area contributed by atoms with E-state index in [2.05, 4.69) is 9.80 Å². The summed E-state index contributed by atoms with van der Waals surface area (Å²) in [6.45, 7) is 9.40. The number of rotatable bonds is 4. The maximum absolute atomic E-state index is 12.4. The molecule has 1 spiro atoms. The van der Waals surface area contributed by atoms with Crippen molar-refractivity contribution in [2.75, 3.05) is 39.3 Å². The topological polar surface area (TPSA) is 53.1 Å². The Balaban J connectivity index is 1.24. The van der Waals surface area contributed by atoms with E-state index in [0.29, 0.717) is 42.4 Å². The first-order valence-electron chi connectivity index (χ1n) is 12.0. The van der Waals surface area contributed by atoms with E-state index in [1.165, 1.54) is 58.0 Å². The fourth-order valence-corrected chi connectivity index (χ4v) is 6.47. The molecule has 0 bridgehead atoms. The molecule has 164 valence electrons. The molecule has 0 N–H and O–H groups in total. The molecule has 0 aromatic heterocycles. The number of piperidine rings is 2. The molecule has 0 radical (unpaired) electrons. The van der Waals surface area contributed by atoms with E-state index in [1.54, 1.807) is 0 Å². The van der Waals surface area contributed by atoms with Gasteiger partial charge < -0.3 is 19.4 Å². The van der Waals surface area contributed by atoms with Gasteiger partial charge in [0.05, 0.1) is 6.61 Å². The molecule has 6 heteroatoms. The Morgan fingerprint density at radius 3 is 2.45 bits per heavy atom. The van der Waals surface area contributed by atoms with Gasteiger partial charge in [0.15, 0.2) is 0 Å². The van der Waals surface area contributed by atoms with Gasteiger partial charge in [-0.1, -0.05) is 6.92 Å². The number of hydrogen-bond acceptors (Lipinski definition) is 4.